The Morgan fingerprint density at radius 2 is 1.88 bits per heavy atom. The SMILES string of the molecule is CC(C)c1ccnc(-c2nc3nc(C(=O)NN)nc(N[C@H](C)C4CCC4)c3n2Cc2ccc(C(F)(F)F)cc2N)c1. The number of imidazole rings is 1. The molecular formula is C28H32F3N9O. The Labute approximate surface area is 234 Å². The molecule has 0 radical (unpaired) electrons. The molecule has 5 rings (SSSR count). The van der Waals surface area contributed by atoms with E-state index in [1.807, 2.05) is 19.1 Å². The summed E-state index contributed by atoms with van der Waals surface area (Å²) < 4.78 is 41.8. The number of aromatic nitrogens is 5. The van der Waals surface area contributed by atoms with Gasteiger partial charge in [-0.3, -0.25) is 15.2 Å². The van der Waals surface area contributed by atoms with Gasteiger partial charge in [-0.25, -0.2) is 20.8 Å². The number of nitrogens with one attached hydrogen (secondary N) is 2. The van der Waals surface area contributed by atoms with Crippen LogP contribution in [0.2, 0.25) is 0 Å². The maximum atomic E-state index is 13.3. The number of nitrogens with zero attached hydrogens (tertiary/aromatic N) is 5. The Morgan fingerprint density at radius 3 is 2.49 bits per heavy atom. The van der Waals surface area contributed by atoms with Gasteiger partial charge in [0.15, 0.2) is 17.3 Å². The van der Waals surface area contributed by atoms with Gasteiger partial charge in [0.1, 0.15) is 11.2 Å². The molecule has 1 amide bonds. The van der Waals surface area contributed by atoms with Gasteiger partial charge in [0.05, 0.1) is 12.1 Å². The summed E-state index contributed by atoms with van der Waals surface area (Å²) in [6.07, 6.45) is 0.429. The van der Waals surface area contributed by atoms with Crippen molar-refractivity contribution in [2.45, 2.75) is 64.7 Å². The molecular weight excluding hydrogens is 535 g/mol. The number of nitrogen functional groups attached to an aromatic ring is 2. The normalized spacial score (nSPS) is 14.7. The Bertz CT molecular complexity index is 1590. The number of hydrogen-bond donors (Lipinski definition) is 4. The molecule has 0 bridgehead atoms. The van der Waals surface area contributed by atoms with E-state index in [-0.39, 0.29) is 35.7 Å². The highest BCUT2D eigenvalue weighted by molar-refractivity contribution is 5.95. The van der Waals surface area contributed by atoms with Crippen molar-refractivity contribution in [2.75, 3.05) is 11.1 Å². The Hall–Kier alpha value is -4.26. The largest absolute Gasteiger partial charge is 0.416 e. The number of hydrazine groups is 1. The minimum Gasteiger partial charge on any atom is -0.398 e. The zero-order valence-corrected chi connectivity index (χ0v) is 23.0. The fourth-order valence-electron chi connectivity index (χ4n) is 4.94. The summed E-state index contributed by atoms with van der Waals surface area (Å²) in [5.41, 5.74) is 10.0. The van der Waals surface area contributed by atoms with Crippen LogP contribution in [0.1, 0.15) is 73.3 Å². The van der Waals surface area contributed by atoms with Gasteiger partial charge in [0.25, 0.3) is 0 Å². The predicted octanol–water partition coefficient (Wildman–Crippen LogP) is 4.87. The molecule has 0 saturated heterocycles. The van der Waals surface area contributed by atoms with E-state index < -0.39 is 17.6 Å². The van der Waals surface area contributed by atoms with Crippen LogP contribution in [0.4, 0.5) is 24.7 Å². The molecule has 0 unspecified atom stereocenters. The molecule has 1 saturated carbocycles. The number of amides is 1. The lowest BCUT2D eigenvalue weighted by atomic mass is 9.80. The smallest absolute Gasteiger partial charge is 0.398 e. The molecule has 13 heteroatoms. The van der Waals surface area contributed by atoms with Gasteiger partial charge in [0.2, 0.25) is 5.82 Å². The van der Waals surface area contributed by atoms with Gasteiger partial charge in [-0.05, 0) is 67.0 Å². The molecule has 3 heterocycles. The molecule has 1 atom stereocenters. The maximum Gasteiger partial charge on any atom is 0.416 e. The summed E-state index contributed by atoms with van der Waals surface area (Å²) in [4.78, 5) is 30.7. The van der Waals surface area contributed by atoms with E-state index in [1.165, 1.54) is 6.07 Å². The zero-order chi connectivity index (χ0) is 29.5. The van der Waals surface area contributed by atoms with E-state index in [2.05, 4.69) is 39.5 Å². The first-order valence-electron chi connectivity index (χ1n) is 13.4. The number of nitrogens with two attached hydrogens (primary N) is 2. The highest BCUT2D eigenvalue weighted by Crippen LogP contribution is 2.35. The van der Waals surface area contributed by atoms with Crippen molar-refractivity contribution >= 4 is 28.6 Å². The topological polar surface area (TPSA) is 150 Å². The lowest BCUT2D eigenvalue weighted by Gasteiger charge is -2.32. The van der Waals surface area contributed by atoms with Crippen LogP contribution < -0.4 is 22.3 Å². The minimum absolute atomic E-state index is 0.0195. The lowest BCUT2D eigenvalue weighted by molar-refractivity contribution is -0.137. The second-order valence-corrected chi connectivity index (χ2v) is 10.7. The van der Waals surface area contributed by atoms with Crippen LogP contribution in [0.5, 0.6) is 0 Å². The second-order valence-electron chi connectivity index (χ2n) is 10.7. The minimum atomic E-state index is -4.52. The van der Waals surface area contributed by atoms with Crippen molar-refractivity contribution in [1.29, 1.82) is 0 Å². The quantitative estimate of drug-likeness (QED) is 0.102. The molecule has 0 aliphatic heterocycles. The van der Waals surface area contributed by atoms with Gasteiger partial charge in [-0.15, -0.1) is 0 Å². The summed E-state index contributed by atoms with van der Waals surface area (Å²) >= 11 is 0. The highest BCUT2D eigenvalue weighted by Gasteiger charge is 2.31. The van der Waals surface area contributed by atoms with Crippen LogP contribution in [0.25, 0.3) is 22.7 Å². The summed E-state index contributed by atoms with van der Waals surface area (Å²) in [6, 6.07) is 7.12. The van der Waals surface area contributed by atoms with E-state index in [1.54, 1.807) is 10.8 Å². The van der Waals surface area contributed by atoms with Gasteiger partial charge >= 0.3 is 12.1 Å². The van der Waals surface area contributed by atoms with E-state index in [4.69, 9.17) is 16.6 Å². The van der Waals surface area contributed by atoms with Gasteiger partial charge in [-0.1, -0.05) is 26.3 Å². The van der Waals surface area contributed by atoms with Crippen molar-refractivity contribution in [1.82, 2.24) is 29.9 Å². The van der Waals surface area contributed by atoms with Crippen molar-refractivity contribution < 1.29 is 18.0 Å². The molecule has 1 aliphatic carbocycles. The number of carbonyl (C=O) groups is 1. The average Bonchev–Trinajstić information content (AvgIpc) is 3.26. The number of carbonyl (C=O) groups excluding carboxylic acids is 1. The first-order chi connectivity index (χ1) is 19.5. The van der Waals surface area contributed by atoms with Gasteiger partial charge < -0.3 is 15.6 Å². The van der Waals surface area contributed by atoms with Crippen LogP contribution in [-0.4, -0.2) is 36.5 Å². The van der Waals surface area contributed by atoms with Crippen LogP contribution in [-0.2, 0) is 12.7 Å². The zero-order valence-electron chi connectivity index (χ0n) is 23.0. The lowest BCUT2D eigenvalue weighted by Crippen LogP contribution is -2.33. The third kappa shape index (κ3) is 5.67. The van der Waals surface area contributed by atoms with Crippen LogP contribution in [0.3, 0.4) is 0 Å². The molecule has 41 heavy (non-hydrogen) atoms. The van der Waals surface area contributed by atoms with Crippen LogP contribution in [0.15, 0.2) is 36.5 Å². The number of pyridine rings is 1. The summed E-state index contributed by atoms with van der Waals surface area (Å²) in [6.45, 7) is 6.21. The number of halogens is 3. The third-order valence-electron chi connectivity index (χ3n) is 7.64. The molecule has 4 aromatic rings. The standard InChI is InChI=1S/C28H32F3N9O/c1-14(2)17-9-10-34-21(11-17)26-38-24-22(40(26)13-18-7-8-19(12-20(18)32)28(29,30)31)23(35-15(3)16-5-4-6-16)36-25(37-24)27(41)39-33/h7-12,14-16H,4-6,13,32-33H2,1-3H3,(H,39,41)(H,35,36,37)/t15-/m1/s1. The number of benzene rings is 1. The molecule has 1 aliphatic rings. The highest BCUT2D eigenvalue weighted by atomic mass is 19.4. The predicted molar refractivity (Wildman–Crippen MR) is 150 cm³/mol. The summed E-state index contributed by atoms with van der Waals surface area (Å²) in [5.74, 6) is 5.93. The number of hydrogen-bond acceptors (Lipinski definition) is 8. The summed E-state index contributed by atoms with van der Waals surface area (Å²) in [5, 5.41) is 3.44. The van der Waals surface area contributed by atoms with E-state index in [0.29, 0.717) is 34.3 Å². The van der Waals surface area contributed by atoms with Crippen molar-refractivity contribution in [3.63, 3.8) is 0 Å². The second kappa shape index (κ2) is 11.0. The maximum absolute atomic E-state index is 13.3. The fourth-order valence-corrected chi connectivity index (χ4v) is 4.94. The molecule has 216 valence electrons. The van der Waals surface area contributed by atoms with E-state index in [0.717, 1.165) is 37.0 Å². The molecule has 6 N–H and O–H groups in total. The van der Waals surface area contributed by atoms with Crippen LogP contribution >= 0.6 is 0 Å². The van der Waals surface area contributed by atoms with Crippen molar-refractivity contribution in [3.8, 4) is 11.5 Å². The van der Waals surface area contributed by atoms with Crippen molar-refractivity contribution in [3.05, 3.63) is 59.0 Å². The average molecular weight is 568 g/mol. The molecule has 1 fully saturated rings. The Morgan fingerprint density at radius 1 is 1.12 bits per heavy atom. The number of rotatable bonds is 8. The van der Waals surface area contributed by atoms with E-state index >= 15 is 0 Å². The third-order valence-corrected chi connectivity index (χ3v) is 7.64. The number of fused-ring (bicyclic) bond motifs is 1. The summed E-state index contributed by atoms with van der Waals surface area (Å²) in [7, 11) is 0. The number of alkyl halides is 3. The molecule has 10 nitrogen and oxygen atoms in total. The van der Waals surface area contributed by atoms with Crippen LogP contribution in [0, 0.1) is 5.92 Å². The Kier molecular flexibility index (Phi) is 7.56. The fraction of sp³-hybridized carbons (Fsp3) is 0.393. The Balaban J connectivity index is 1.73. The van der Waals surface area contributed by atoms with Crippen molar-refractivity contribution in [2.24, 2.45) is 11.8 Å². The van der Waals surface area contributed by atoms with Gasteiger partial charge in [0, 0.05) is 17.9 Å². The molecule has 0 spiro atoms. The van der Waals surface area contributed by atoms with E-state index in [9.17, 15) is 18.0 Å². The monoisotopic (exact) mass is 567 g/mol. The number of anilines is 2. The first kappa shape index (κ1) is 28.3. The van der Waals surface area contributed by atoms with Gasteiger partial charge in [-0.2, -0.15) is 13.2 Å². The molecule has 3 aromatic heterocycles. The first-order valence-corrected chi connectivity index (χ1v) is 13.4. The molecule has 1 aromatic carbocycles.